The molecule has 4 heteroatoms. The largest absolute Gasteiger partial charge is 0.489 e. The molecule has 0 unspecified atom stereocenters. The third kappa shape index (κ3) is 4.68. The maximum Gasteiger partial charge on any atom is 0.201 e. The van der Waals surface area contributed by atoms with Crippen molar-refractivity contribution in [1.29, 1.82) is 5.26 Å². The molecule has 0 atom stereocenters. The van der Waals surface area contributed by atoms with E-state index in [1.165, 1.54) is 24.8 Å². The highest BCUT2D eigenvalue weighted by Gasteiger charge is 2.23. The Bertz CT molecular complexity index is 917. The van der Waals surface area contributed by atoms with E-state index in [2.05, 4.69) is 48.4 Å². The highest BCUT2D eigenvalue weighted by Crippen LogP contribution is 2.33. The fourth-order valence-electron chi connectivity index (χ4n) is 4.96. The normalized spacial score (nSPS) is 23.2. The summed E-state index contributed by atoms with van der Waals surface area (Å²) in [4.78, 5) is 13.2. The molecule has 1 saturated heterocycles. The number of ether oxygens (including phenoxy) is 1. The smallest absolute Gasteiger partial charge is 0.201 e. The van der Waals surface area contributed by atoms with Gasteiger partial charge < -0.3 is 4.74 Å². The molecule has 1 aliphatic heterocycles. The Morgan fingerprint density at radius 1 is 1.07 bits per heavy atom. The van der Waals surface area contributed by atoms with Crippen LogP contribution in [0.25, 0.3) is 10.8 Å². The van der Waals surface area contributed by atoms with Crippen LogP contribution in [0, 0.1) is 23.2 Å². The van der Waals surface area contributed by atoms with Gasteiger partial charge in [-0.05, 0) is 80.6 Å². The Kier molecular flexibility index (Phi) is 6.69. The first-order valence-electron chi connectivity index (χ1n) is 11.4. The van der Waals surface area contributed by atoms with Crippen LogP contribution in [-0.2, 0) is 11.3 Å². The van der Waals surface area contributed by atoms with Gasteiger partial charge in [0.2, 0.25) is 6.29 Å². The monoisotopic (exact) mass is 403 g/mol. The second kappa shape index (κ2) is 9.62. The van der Waals surface area contributed by atoms with E-state index < -0.39 is 0 Å². The summed E-state index contributed by atoms with van der Waals surface area (Å²) in [5, 5.41) is 12.0. The van der Waals surface area contributed by atoms with Crippen molar-refractivity contribution < 1.29 is 9.53 Å². The van der Waals surface area contributed by atoms with Gasteiger partial charge in [-0.1, -0.05) is 31.5 Å². The minimum absolute atomic E-state index is 0.0927. The van der Waals surface area contributed by atoms with Gasteiger partial charge in [0.05, 0.1) is 6.10 Å². The Morgan fingerprint density at radius 2 is 1.80 bits per heavy atom. The van der Waals surface area contributed by atoms with Gasteiger partial charge in [-0.3, -0.25) is 9.69 Å². The summed E-state index contributed by atoms with van der Waals surface area (Å²) >= 11 is 0. The fourth-order valence-corrected chi connectivity index (χ4v) is 4.96. The molecule has 0 bridgehead atoms. The number of rotatable bonds is 6. The fraction of sp³-hybridized carbons (Fsp3) is 0.538. The Labute approximate surface area is 179 Å². The SMILES string of the molecule is CC[C@H]1CC[C@@H](Oc2ccc3ccc(CN4CCC([C]=O)CC4)cc3c2C#N)CC1. The lowest BCUT2D eigenvalue weighted by Crippen LogP contribution is -2.33. The summed E-state index contributed by atoms with van der Waals surface area (Å²) in [6, 6.07) is 12.8. The molecule has 4 rings (SSSR count). The minimum Gasteiger partial charge on any atom is -0.489 e. The van der Waals surface area contributed by atoms with Crippen molar-refractivity contribution in [2.45, 2.75) is 64.5 Å². The number of nitrogens with zero attached hydrogens (tertiary/aromatic N) is 2. The van der Waals surface area contributed by atoms with Crippen LogP contribution in [0.2, 0.25) is 0 Å². The zero-order valence-electron chi connectivity index (χ0n) is 17.9. The van der Waals surface area contributed by atoms with E-state index in [9.17, 15) is 10.1 Å². The Balaban J connectivity index is 1.51. The van der Waals surface area contributed by atoms with Gasteiger partial charge in [-0.25, -0.2) is 0 Å². The first-order valence-corrected chi connectivity index (χ1v) is 11.4. The number of hydrogen-bond donors (Lipinski definition) is 0. The number of carbonyl (C=O) groups excluding carboxylic acids is 1. The second-order valence-corrected chi connectivity index (χ2v) is 8.94. The number of likely N-dealkylation sites (tertiary alicyclic amines) is 1. The lowest BCUT2D eigenvalue weighted by atomic mass is 9.86. The molecule has 1 radical (unpaired) electrons. The molecule has 1 aliphatic carbocycles. The number of nitriles is 1. The average molecular weight is 404 g/mol. The van der Waals surface area contributed by atoms with Gasteiger partial charge in [0.15, 0.2) is 0 Å². The van der Waals surface area contributed by atoms with Gasteiger partial charge in [0, 0.05) is 17.8 Å². The Hall–Kier alpha value is -2.38. The van der Waals surface area contributed by atoms with Gasteiger partial charge in [-0.15, -0.1) is 0 Å². The van der Waals surface area contributed by atoms with E-state index in [4.69, 9.17) is 4.74 Å². The van der Waals surface area contributed by atoms with E-state index in [0.29, 0.717) is 5.56 Å². The third-order valence-corrected chi connectivity index (χ3v) is 6.98. The van der Waals surface area contributed by atoms with E-state index >= 15 is 0 Å². The second-order valence-electron chi connectivity index (χ2n) is 8.94. The zero-order valence-corrected chi connectivity index (χ0v) is 17.9. The highest BCUT2D eigenvalue weighted by atomic mass is 16.5. The van der Waals surface area contributed by atoms with Gasteiger partial charge in [-0.2, -0.15) is 5.26 Å². The molecule has 0 N–H and O–H groups in total. The molecular weight excluding hydrogens is 372 g/mol. The quantitative estimate of drug-likeness (QED) is 0.650. The topological polar surface area (TPSA) is 53.3 Å². The van der Waals surface area contributed by atoms with Crippen LogP contribution in [0.5, 0.6) is 5.75 Å². The molecular formula is C26H31N2O2. The number of benzene rings is 2. The van der Waals surface area contributed by atoms with Gasteiger partial charge in [0.25, 0.3) is 0 Å². The van der Waals surface area contributed by atoms with Gasteiger partial charge in [0.1, 0.15) is 17.4 Å². The van der Waals surface area contributed by atoms with Crippen molar-refractivity contribution in [1.82, 2.24) is 4.90 Å². The predicted octanol–water partition coefficient (Wildman–Crippen LogP) is 5.38. The van der Waals surface area contributed by atoms with Crippen molar-refractivity contribution in [3.8, 4) is 11.8 Å². The molecule has 4 nitrogen and oxygen atoms in total. The molecule has 0 aromatic heterocycles. The molecule has 2 fully saturated rings. The van der Waals surface area contributed by atoms with Crippen molar-refractivity contribution >= 4 is 17.1 Å². The molecule has 30 heavy (non-hydrogen) atoms. The van der Waals surface area contributed by atoms with Crippen molar-refractivity contribution in [3.63, 3.8) is 0 Å². The first kappa shape index (κ1) is 20.9. The minimum atomic E-state index is 0.0927. The maximum atomic E-state index is 10.9. The van der Waals surface area contributed by atoms with Crippen LogP contribution < -0.4 is 4.74 Å². The highest BCUT2D eigenvalue weighted by molar-refractivity contribution is 5.90. The number of piperidine rings is 1. The molecule has 0 amide bonds. The van der Waals surface area contributed by atoms with Crippen molar-refractivity contribution in [3.05, 3.63) is 41.5 Å². The summed E-state index contributed by atoms with van der Waals surface area (Å²) < 4.78 is 6.32. The molecule has 1 heterocycles. The summed E-state index contributed by atoms with van der Waals surface area (Å²) in [6.07, 6.45) is 9.99. The van der Waals surface area contributed by atoms with Crippen LogP contribution in [-0.4, -0.2) is 30.4 Å². The molecule has 0 spiro atoms. The zero-order chi connectivity index (χ0) is 20.9. The lowest BCUT2D eigenvalue weighted by molar-refractivity contribution is 0.130. The summed E-state index contributed by atoms with van der Waals surface area (Å²) in [7, 11) is 0. The maximum absolute atomic E-state index is 10.9. The molecule has 2 aliphatic rings. The van der Waals surface area contributed by atoms with Crippen LogP contribution >= 0.6 is 0 Å². The van der Waals surface area contributed by atoms with Crippen molar-refractivity contribution in [2.24, 2.45) is 11.8 Å². The van der Waals surface area contributed by atoms with Crippen LogP contribution in [0.4, 0.5) is 0 Å². The van der Waals surface area contributed by atoms with Crippen molar-refractivity contribution in [2.75, 3.05) is 13.1 Å². The Morgan fingerprint density at radius 3 is 2.47 bits per heavy atom. The molecule has 2 aromatic rings. The molecule has 157 valence electrons. The summed E-state index contributed by atoms with van der Waals surface area (Å²) in [5.74, 6) is 1.65. The molecule has 1 saturated carbocycles. The first-order chi connectivity index (χ1) is 14.7. The number of hydrogen-bond acceptors (Lipinski definition) is 4. The predicted molar refractivity (Wildman–Crippen MR) is 119 cm³/mol. The van der Waals surface area contributed by atoms with Crippen LogP contribution in [0.1, 0.15) is 63.0 Å². The van der Waals surface area contributed by atoms with E-state index in [0.717, 1.165) is 67.8 Å². The van der Waals surface area contributed by atoms with Crippen LogP contribution in [0.15, 0.2) is 30.3 Å². The third-order valence-electron chi connectivity index (χ3n) is 6.98. The standard InChI is InChI=1S/C26H31N2O2/c1-2-19-4-8-23(9-5-19)30-26-10-7-22-6-3-21(15-24(22)25(26)16-27)17-28-13-11-20(18-29)12-14-28/h3,6-7,10,15,19-20,23H,2,4-5,8-9,11-14,17H2,1H3/t19-,23+. The average Bonchev–Trinajstić information content (AvgIpc) is 2.80. The lowest BCUT2D eigenvalue weighted by Gasteiger charge is -2.29. The van der Waals surface area contributed by atoms with Crippen LogP contribution in [0.3, 0.4) is 0 Å². The van der Waals surface area contributed by atoms with Gasteiger partial charge >= 0.3 is 0 Å². The van der Waals surface area contributed by atoms with E-state index in [1.54, 1.807) is 0 Å². The van der Waals surface area contributed by atoms with E-state index in [-0.39, 0.29) is 12.0 Å². The summed E-state index contributed by atoms with van der Waals surface area (Å²) in [6.45, 7) is 4.96. The van der Waals surface area contributed by atoms with E-state index in [1.807, 2.05) is 6.07 Å². The number of fused-ring (bicyclic) bond motifs is 1. The molecule has 2 aromatic carbocycles. The summed E-state index contributed by atoms with van der Waals surface area (Å²) in [5.41, 5.74) is 1.86.